The van der Waals surface area contributed by atoms with Gasteiger partial charge in [0.05, 0.1) is 13.2 Å². The molecule has 0 atom stereocenters. The van der Waals surface area contributed by atoms with Gasteiger partial charge >= 0.3 is 0 Å². The first kappa shape index (κ1) is 24.0. The topological polar surface area (TPSA) is 74.0 Å². The third kappa shape index (κ3) is 6.93. The van der Waals surface area contributed by atoms with Crippen molar-refractivity contribution in [2.24, 2.45) is 12.0 Å². The van der Waals surface area contributed by atoms with Crippen molar-refractivity contribution in [2.45, 2.75) is 26.4 Å². The molecular weight excluding hydrogens is 404 g/mol. The Kier molecular flexibility index (Phi) is 8.87. The van der Waals surface area contributed by atoms with E-state index in [0.717, 1.165) is 70.0 Å². The minimum absolute atomic E-state index is 0.491. The number of morpholine rings is 1. The summed E-state index contributed by atoms with van der Waals surface area (Å²) >= 11 is 0. The Morgan fingerprint density at radius 3 is 2.66 bits per heavy atom. The van der Waals surface area contributed by atoms with Gasteiger partial charge in [-0.2, -0.15) is 0 Å². The average Bonchev–Trinajstić information content (AvgIpc) is 3.11. The summed E-state index contributed by atoms with van der Waals surface area (Å²) in [5, 5.41) is 12.0. The van der Waals surface area contributed by atoms with Gasteiger partial charge < -0.3 is 24.4 Å². The zero-order valence-electron chi connectivity index (χ0n) is 20.2. The third-order valence-corrected chi connectivity index (χ3v) is 5.80. The maximum atomic E-state index is 5.44. The van der Waals surface area contributed by atoms with Crippen molar-refractivity contribution in [2.75, 3.05) is 65.4 Å². The Bertz CT molecular complexity index is 873. The second-order valence-corrected chi connectivity index (χ2v) is 8.52. The molecule has 0 bridgehead atoms. The van der Waals surface area contributed by atoms with E-state index in [0.29, 0.717) is 6.54 Å². The molecule has 0 amide bonds. The zero-order chi connectivity index (χ0) is 22.9. The molecule has 1 aliphatic heterocycles. The molecular formula is C23H38N8O. The average molecular weight is 443 g/mol. The summed E-state index contributed by atoms with van der Waals surface area (Å²) in [6.45, 7) is 8.88. The van der Waals surface area contributed by atoms with E-state index in [1.54, 1.807) is 0 Å². The lowest BCUT2D eigenvalue weighted by atomic mass is 10.2. The summed E-state index contributed by atoms with van der Waals surface area (Å²) < 4.78 is 7.43. The predicted octanol–water partition coefficient (Wildman–Crippen LogP) is 1.49. The van der Waals surface area contributed by atoms with Crippen molar-refractivity contribution < 1.29 is 4.74 Å². The number of aryl methyl sites for hydroxylation is 1. The number of rotatable bonds is 9. The Labute approximate surface area is 192 Å². The lowest BCUT2D eigenvalue weighted by Gasteiger charge is -2.27. The van der Waals surface area contributed by atoms with E-state index in [1.165, 1.54) is 11.3 Å². The van der Waals surface area contributed by atoms with Crippen molar-refractivity contribution in [3.05, 3.63) is 41.5 Å². The third-order valence-electron chi connectivity index (χ3n) is 5.80. The van der Waals surface area contributed by atoms with Gasteiger partial charge in [-0.15, -0.1) is 10.2 Å². The Balaban J connectivity index is 1.63. The number of aromatic nitrogens is 3. The van der Waals surface area contributed by atoms with Gasteiger partial charge in [0, 0.05) is 60.1 Å². The number of nitrogens with zero attached hydrogens (tertiary/aromatic N) is 7. The molecule has 1 N–H and O–H groups in total. The van der Waals surface area contributed by atoms with Gasteiger partial charge in [-0.25, -0.2) is 4.99 Å². The number of hydrogen-bond acceptors (Lipinski definition) is 6. The number of ether oxygens (including phenoxy) is 1. The summed E-state index contributed by atoms with van der Waals surface area (Å²) in [5.74, 6) is 2.63. The number of nitrogens with one attached hydrogen (secondary N) is 1. The lowest BCUT2D eigenvalue weighted by molar-refractivity contribution is 0.0375. The van der Waals surface area contributed by atoms with Crippen LogP contribution >= 0.6 is 0 Å². The molecule has 0 aliphatic carbocycles. The summed E-state index contributed by atoms with van der Waals surface area (Å²) in [6.07, 6.45) is 1.06. The Morgan fingerprint density at radius 1 is 1.19 bits per heavy atom. The second kappa shape index (κ2) is 11.8. The molecule has 9 heteroatoms. The van der Waals surface area contributed by atoms with Crippen LogP contribution in [-0.4, -0.2) is 91.1 Å². The van der Waals surface area contributed by atoms with Crippen LogP contribution in [0.3, 0.4) is 0 Å². The summed E-state index contributed by atoms with van der Waals surface area (Å²) in [5.41, 5.74) is 2.44. The van der Waals surface area contributed by atoms with E-state index in [9.17, 15) is 0 Å². The molecule has 1 aromatic heterocycles. The Morgan fingerprint density at radius 2 is 1.97 bits per heavy atom. The van der Waals surface area contributed by atoms with Gasteiger partial charge in [0.1, 0.15) is 12.4 Å². The van der Waals surface area contributed by atoms with Crippen molar-refractivity contribution in [3.8, 4) is 0 Å². The van der Waals surface area contributed by atoms with Gasteiger partial charge in [0.25, 0.3) is 0 Å². The monoisotopic (exact) mass is 442 g/mol. The maximum Gasteiger partial charge on any atom is 0.194 e. The van der Waals surface area contributed by atoms with Gasteiger partial charge in [-0.1, -0.05) is 12.1 Å². The fraction of sp³-hybridized carbons (Fsp3) is 0.609. The highest BCUT2D eigenvalue weighted by Crippen LogP contribution is 2.15. The molecule has 2 heterocycles. The minimum Gasteiger partial charge on any atom is -0.379 e. The van der Waals surface area contributed by atoms with Crippen molar-refractivity contribution in [1.82, 2.24) is 29.9 Å². The molecule has 0 unspecified atom stereocenters. The van der Waals surface area contributed by atoms with Gasteiger partial charge in [-0.05, 0) is 37.6 Å². The first-order valence-electron chi connectivity index (χ1n) is 11.3. The van der Waals surface area contributed by atoms with E-state index in [1.807, 2.05) is 18.5 Å². The van der Waals surface area contributed by atoms with Gasteiger partial charge in [0.15, 0.2) is 11.8 Å². The molecule has 0 radical (unpaired) electrons. The SMILES string of the molecule is Cc1nnc(CN=C(NCCCN2CCOCC2)N(C)Cc2cccc(N(C)C)c2)n1C. The number of aliphatic imine (C=N–C) groups is 1. The normalized spacial score (nSPS) is 15.1. The van der Waals surface area contributed by atoms with E-state index < -0.39 is 0 Å². The zero-order valence-corrected chi connectivity index (χ0v) is 20.2. The summed E-state index contributed by atoms with van der Waals surface area (Å²) in [7, 11) is 8.19. The lowest BCUT2D eigenvalue weighted by Crippen LogP contribution is -2.41. The standard InChI is InChI=1S/C23H38N8O/c1-19-26-27-22(30(19)5)17-25-23(24-10-7-11-31-12-14-32-15-13-31)29(4)18-20-8-6-9-21(16-20)28(2)3/h6,8-9,16H,7,10-15,17-18H2,1-5H3,(H,24,25). The van der Waals surface area contributed by atoms with Crippen molar-refractivity contribution in [1.29, 1.82) is 0 Å². The van der Waals surface area contributed by atoms with Gasteiger partial charge in [-0.3, -0.25) is 4.90 Å². The predicted molar refractivity (Wildman–Crippen MR) is 129 cm³/mol. The van der Waals surface area contributed by atoms with E-state index >= 15 is 0 Å². The molecule has 2 aromatic rings. The molecule has 1 aliphatic rings. The number of guanidine groups is 1. The molecule has 9 nitrogen and oxygen atoms in total. The van der Waals surface area contributed by atoms with Crippen LogP contribution in [0.4, 0.5) is 5.69 Å². The van der Waals surface area contributed by atoms with Crippen LogP contribution in [0.1, 0.15) is 23.6 Å². The van der Waals surface area contributed by atoms with Crippen LogP contribution in [0.25, 0.3) is 0 Å². The highest BCUT2D eigenvalue weighted by molar-refractivity contribution is 5.79. The van der Waals surface area contributed by atoms with Crippen LogP contribution in [-0.2, 0) is 24.9 Å². The number of benzene rings is 1. The fourth-order valence-electron chi connectivity index (χ4n) is 3.66. The maximum absolute atomic E-state index is 5.44. The fourth-order valence-corrected chi connectivity index (χ4v) is 3.66. The number of hydrogen-bond donors (Lipinski definition) is 1. The summed E-state index contributed by atoms with van der Waals surface area (Å²) in [6, 6.07) is 8.61. The van der Waals surface area contributed by atoms with Crippen molar-refractivity contribution in [3.63, 3.8) is 0 Å². The van der Waals surface area contributed by atoms with Crippen LogP contribution in [0.2, 0.25) is 0 Å². The van der Waals surface area contributed by atoms with E-state index in [4.69, 9.17) is 9.73 Å². The molecule has 1 saturated heterocycles. The molecule has 3 rings (SSSR count). The quantitative estimate of drug-likeness (QED) is 0.358. The van der Waals surface area contributed by atoms with Crippen LogP contribution in [0.15, 0.2) is 29.3 Å². The van der Waals surface area contributed by atoms with Gasteiger partial charge in [0.2, 0.25) is 0 Å². The van der Waals surface area contributed by atoms with Crippen molar-refractivity contribution >= 4 is 11.6 Å². The van der Waals surface area contributed by atoms with Crippen LogP contribution < -0.4 is 10.2 Å². The molecule has 1 aromatic carbocycles. The van der Waals surface area contributed by atoms with Crippen LogP contribution in [0.5, 0.6) is 0 Å². The molecule has 176 valence electrons. The second-order valence-electron chi connectivity index (χ2n) is 8.52. The largest absolute Gasteiger partial charge is 0.379 e. The molecule has 1 fully saturated rings. The van der Waals surface area contributed by atoms with E-state index in [2.05, 4.69) is 75.6 Å². The minimum atomic E-state index is 0.491. The first-order chi connectivity index (χ1) is 15.4. The smallest absolute Gasteiger partial charge is 0.194 e. The molecule has 32 heavy (non-hydrogen) atoms. The van der Waals surface area contributed by atoms with Crippen LogP contribution in [0, 0.1) is 6.92 Å². The molecule has 0 saturated carbocycles. The highest BCUT2D eigenvalue weighted by Gasteiger charge is 2.12. The highest BCUT2D eigenvalue weighted by atomic mass is 16.5. The Hall–Kier alpha value is -2.65. The molecule has 0 spiro atoms. The summed E-state index contributed by atoms with van der Waals surface area (Å²) in [4.78, 5) is 11.6. The van der Waals surface area contributed by atoms with E-state index in [-0.39, 0.29) is 0 Å². The number of anilines is 1. The first-order valence-corrected chi connectivity index (χ1v) is 11.3.